The van der Waals surface area contributed by atoms with Crippen molar-refractivity contribution in [3.8, 4) is 0 Å². The summed E-state index contributed by atoms with van der Waals surface area (Å²) in [5, 5.41) is 19.1. The summed E-state index contributed by atoms with van der Waals surface area (Å²) in [4.78, 5) is 25.4. The maximum Gasteiger partial charge on any atom is 0.335 e. The fourth-order valence-electron chi connectivity index (χ4n) is 7.22. The van der Waals surface area contributed by atoms with Gasteiger partial charge in [-0.25, -0.2) is 13.6 Å². The molecule has 3 aromatic rings. The number of amides is 1. The van der Waals surface area contributed by atoms with Crippen LogP contribution in [0.15, 0.2) is 60.7 Å². The average Bonchev–Trinajstić information content (AvgIpc) is 3.29. The van der Waals surface area contributed by atoms with Gasteiger partial charge in [0.15, 0.2) is 0 Å². The Morgan fingerprint density at radius 1 is 1.02 bits per heavy atom. The first kappa shape index (κ1) is 31.4. The van der Waals surface area contributed by atoms with E-state index in [2.05, 4.69) is 22.9 Å². The highest BCUT2D eigenvalue weighted by atomic mass is 35.5. The third-order valence-corrected chi connectivity index (χ3v) is 9.83. The second kappa shape index (κ2) is 12.5. The van der Waals surface area contributed by atoms with E-state index in [0.717, 1.165) is 32.1 Å². The molecule has 228 valence electrons. The fraction of sp³-hybridized carbons (Fsp3) is 0.394. The summed E-state index contributed by atoms with van der Waals surface area (Å²) in [6, 6.07) is 13.3. The number of carbonyl (C=O) groups excluding carboxylic acids is 1. The van der Waals surface area contributed by atoms with E-state index in [4.69, 9.17) is 23.2 Å². The highest BCUT2D eigenvalue weighted by Gasteiger charge is 2.60. The minimum absolute atomic E-state index is 0.0732. The number of anilines is 1. The van der Waals surface area contributed by atoms with Gasteiger partial charge in [0.05, 0.1) is 22.2 Å². The third kappa shape index (κ3) is 6.03. The Bertz CT molecular complexity index is 1510. The molecule has 3 aromatic carbocycles. The Hall–Kier alpha value is -3.04. The smallest absolute Gasteiger partial charge is 0.335 e. The molecule has 0 bridgehead atoms. The lowest BCUT2D eigenvalue weighted by Gasteiger charge is -2.45. The van der Waals surface area contributed by atoms with Gasteiger partial charge in [-0.1, -0.05) is 67.6 Å². The predicted molar refractivity (Wildman–Crippen MR) is 165 cm³/mol. The summed E-state index contributed by atoms with van der Waals surface area (Å²) in [6.45, 7) is 2.22. The van der Waals surface area contributed by atoms with E-state index in [0.29, 0.717) is 12.1 Å². The predicted octanol–water partition coefficient (Wildman–Crippen LogP) is 7.51. The van der Waals surface area contributed by atoms with E-state index in [1.807, 2.05) is 0 Å². The molecule has 43 heavy (non-hydrogen) atoms. The van der Waals surface area contributed by atoms with Crippen LogP contribution < -0.4 is 16.0 Å². The van der Waals surface area contributed by atoms with E-state index in [9.17, 15) is 14.7 Å². The maximum absolute atomic E-state index is 16.0. The molecule has 0 spiro atoms. The summed E-state index contributed by atoms with van der Waals surface area (Å²) in [5.41, 5.74) is -0.489. The number of nitrogens with one attached hydrogen (secondary N) is 3. The van der Waals surface area contributed by atoms with E-state index >= 15 is 8.78 Å². The standard InChI is InChI=1S/C33H35Cl2F2N3O3/c1-32(15-4-3-5-16-32)18-26-33(38-2,23-14-11-20(34)17-25(23)36)27(22-7-6-8-24(35)28(22)37)29(40-26)30(41)39-21-12-9-19(10-13-21)31(42)43/h6-14,17,26-27,29,38,40H,3-5,15-16,18H2,1-2H3,(H,39,41)(H,42,43)/t26-,27-,29+,33+/m0/s1. The number of likely N-dealkylation sites (N-methyl/N-ethyl adjacent to an activating group) is 1. The van der Waals surface area contributed by atoms with Crippen LogP contribution in [0.4, 0.5) is 14.5 Å². The Morgan fingerprint density at radius 2 is 1.72 bits per heavy atom. The van der Waals surface area contributed by atoms with Crippen molar-refractivity contribution in [2.45, 2.75) is 69.0 Å². The number of halogens is 4. The first-order chi connectivity index (χ1) is 20.5. The molecule has 1 saturated heterocycles. The molecule has 1 heterocycles. The Labute approximate surface area is 260 Å². The highest BCUT2D eigenvalue weighted by molar-refractivity contribution is 6.31. The number of hydrogen-bond donors (Lipinski definition) is 4. The molecule has 1 aliphatic heterocycles. The number of rotatable bonds is 8. The van der Waals surface area contributed by atoms with Gasteiger partial charge in [-0.15, -0.1) is 0 Å². The van der Waals surface area contributed by atoms with Gasteiger partial charge in [0.25, 0.3) is 0 Å². The van der Waals surface area contributed by atoms with Gasteiger partial charge in [-0.05, 0) is 79.8 Å². The second-order valence-electron chi connectivity index (χ2n) is 12.0. The van der Waals surface area contributed by atoms with Crippen LogP contribution in [0.3, 0.4) is 0 Å². The molecule has 1 amide bonds. The van der Waals surface area contributed by atoms with Crippen LogP contribution in [0.2, 0.25) is 10.0 Å². The molecule has 6 nitrogen and oxygen atoms in total. The molecule has 0 radical (unpaired) electrons. The van der Waals surface area contributed by atoms with Crippen LogP contribution >= 0.6 is 23.2 Å². The molecule has 2 fully saturated rings. The summed E-state index contributed by atoms with van der Waals surface area (Å²) < 4.78 is 32.0. The van der Waals surface area contributed by atoms with Crippen molar-refractivity contribution in [3.63, 3.8) is 0 Å². The van der Waals surface area contributed by atoms with Gasteiger partial charge in [0, 0.05) is 28.2 Å². The minimum Gasteiger partial charge on any atom is -0.478 e. The largest absolute Gasteiger partial charge is 0.478 e. The molecule has 10 heteroatoms. The summed E-state index contributed by atoms with van der Waals surface area (Å²) >= 11 is 12.5. The monoisotopic (exact) mass is 629 g/mol. The van der Waals surface area contributed by atoms with Crippen molar-refractivity contribution in [2.75, 3.05) is 12.4 Å². The minimum atomic E-state index is -1.28. The molecule has 1 saturated carbocycles. The van der Waals surface area contributed by atoms with Crippen molar-refractivity contribution in [1.82, 2.24) is 10.6 Å². The van der Waals surface area contributed by atoms with Crippen molar-refractivity contribution >= 4 is 40.8 Å². The van der Waals surface area contributed by atoms with Crippen LogP contribution in [0.1, 0.15) is 72.9 Å². The Balaban J connectivity index is 1.67. The van der Waals surface area contributed by atoms with Crippen LogP contribution in [-0.4, -0.2) is 36.1 Å². The first-order valence-corrected chi connectivity index (χ1v) is 15.2. The zero-order valence-electron chi connectivity index (χ0n) is 24.0. The lowest BCUT2D eigenvalue weighted by molar-refractivity contribution is -0.118. The quantitative estimate of drug-likeness (QED) is 0.207. The lowest BCUT2D eigenvalue weighted by Crippen LogP contribution is -2.54. The molecule has 0 aromatic heterocycles. The molecule has 4 atom stereocenters. The number of aromatic carboxylic acids is 1. The molecule has 5 rings (SSSR count). The topological polar surface area (TPSA) is 90.5 Å². The Morgan fingerprint density at radius 3 is 2.35 bits per heavy atom. The van der Waals surface area contributed by atoms with Crippen molar-refractivity contribution in [3.05, 3.63) is 99.0 Å². The van der Waals surface area contributed by atoms with Crippen LogP contribution in [-0.2, 0) is 10.3 Å². The van der Waals surface area contributed by atoms with Gasteiger partial charge in [0.2, 0.25) is 5.91 Å². The van der Waals surface area contributed by atoms with Crippen molar-refractivity contribution < 1.29 is 23.5 Å². The molecule has 4 N–H and O–H groups in total. The van der Waals surface area contributed by atoms with E-state index in [-0.39, 0.29) is 32.2 Å². The maximum atomic E-state index is 16.0. The van der Waals surface area contributed by atoms with E-state index < -0.39 is 47.1 Å². The molecule has 0 unspecified atom stereocenters. The Kier molecular flexibility index (Phi) is 9.14. The molecular formula is C33H35Cl2F2N3O3. The first-order valence-electron chi connectivity index (χ1n) is 14.5. The molecule has 1 aliphatic carbocycles. The third-order valence-electron chi connectivity index (χ3n) is 9.30. The number of benzene rings is 3. The van der Waals surface area contributed by atoms with Gasteiger partial charge in [-0.2, -0.15) is 0 Å². The number of carboxylic acid groups (broad SMARTS) is 1. The lowest BCUT2D eigenvalue weighted by atomic mass is 9.64. The summed E-state index contributed by atoms with van der Waals surface area (Å²) in [6.07, 6.45) is 5.87. The van der Waals surface area contributed by atoms with Crippen LogP contribution in [0.25, 0.3) is 0 Å². The highest BCUT2D eigenvalue weighted by Crippen LogP contribution is 2.53. The summed E-state index contributed by atoms with van der Waals surface area (Å²) in [5.74, 6) is -3.76. The van der Waals surface area contributed by atoms with Crippen molar-refractivity contribution in [2.24, 2.45) is 5.41 Å². The number of carboxylic acids is 1. The van der Waals surface area contributed by atoms with E-state index in [1.54, 1.807) is 31.3 Å². The molecular weight excluding hydrogens is 595 g/mol. The van der Waals surface area contributed by atoms with Gasteiger partial charge >= 0.3 is 5.97 Å². The van der Waals surface area contributed by atoms with Gasteiger partial charge in [-0.3, -0.25) is 4.79 Å². The average molecular weight is 631 g/mol. The zero-order valence-corrected chi connectivity index (χ0v) is 25.5. The fourth-order valence-corrected chi connectivity index (χ4v) is 7.56. The van der Waals surface area contributed by atoms with Crippen molar-refractivity contribution in [1.29, 1.82) is 0 Å². The number of carbonyl (C=O) groups is 2. The normalized spacial score (nSPS) is 24.9. The van der Waals surface area contributed by atoms with Crippen LogP contribution in [0.5, 0.6) is 0 Å². The van der Waals surface area contributed by atoms with Gasteiger partial charge < -0.3 is 21.1 Å². The van der Waals surface area contributed by atoms with Gasteiger partial charge in [0.1, 0.15) is 11.6 Å². The summed E-state index contributed by atoms with van der Waals surface area (Å²) in [7, 11) is 1.70. The SMILES string of the molecule is CN[C@]1(c2ccc(Cl)cc2F)[C@H](CC2(C)CCCCC2)N[C@@H](C(=O)Nc2ccc(C(=O)O)cc2)[C@@H]1c1cccc(Cl)c1F. The molecule has 2 aliphatic rings. The zero-order chi connectivity index (χ0) is 30.9. The van der Waals surface area contributed by atoms with E-state index in [1.165, 1.54) is 36.4 Å². The van der Waals surface area contributed by atoms with Crippen LogP contribution in [0, 0.1) is 17.0 Å². The number of hydrogen-bond acceptors (Lipinski definition) is 4. The second-order valence-corrected chi connectivity index (χ2v) is 12.9.